The number of hydrogen-bond acceptors (Lipinski definition) is 2. The Morgan fingerprint density at radius 3 is 2.50 bits per heavy atom. The second-order valence-electron chi connectivity index (χ2n) is 0.937. The number of ether oxygens (including phenoxy) is 1. The minimum Gasteiger partial charge on any atom is -0.465 e. The monoisotopic (exact) mass is 86.0 g/mol. The summed E-state index contributed by atoms with van der Waals surface area (Å²) >= 11 is 0. The summed E-state index contributed by atoms with van der Waals surface area (Å²) in [6.45, 7) is 6.85. The van der Waals surface area contributed by atoms with E-state index in [9.17, 15) is 4.79 Å². The summed E-state index contributed by atoms with van der Waals surface area (Å²) in [5, 5.41) is 0. The molecule has 0 heterocycles. The molecule has 0 aliphatic carbocycles. The Kier molecular flexibility index (Phi) is 2.46. The topological polar surface area (TPSA) is 26.3 Å². The normalized spacial score (nSPS) is 8.50. The van der Waals surface area contributed by atoms with E-state index in [0.717, 1.165) is 0 Å². The Morgan fingerprint density at radius 1 is 2.00 bits per heavy atom. The summed E-state index contributed by atoms with van der Waals surface area (Å²) in [5.74, 6) is 0. The summed E-state index contributed by atoms with van der Waals surface area (Å²) in [6.07, 6.45) is -0.470. The van der Waals surface area contributed by atoms with Crippen molar-refractivity contribution in [2.45, 2.75) is 13.0 Å². The minimum atomic E-state index is -0.470. The van der Waals surface area contributed by atoms with Gasteiger partial charge in [0.05, 0.1) is 0 Å². The van der Waals surface area contributed by atoms with Crippen LogP contribution in [-0.2, 0) is 9.53 Å². The molecule has 0 bridgehead atoms. The van der Waals surface area contributed by atoms with Crippen LogP contribution in [0.3, 0.4) is 0 Å². The summed E-state index contributed by atoms with van der Waals surface area (Å²) in [7, 11) is 0. The van der Waals surface area contributed by atoms with Crippen molar-refractivity contribution in [2.75, 3.05) is 0 Å². The van der Waals surface area contributed by atoms with Crippen LogP contribution < -0.4 is 0 Å². The molecule has 0 aliphatic rings. The molecule has 1 atom stereocenters. The van der Waals surface area contributed by atoms with Crippen LogP contribution in [0.2, 0.25) is 0 Å². The van der Waals surface area contributed by atoms with Gasteiger partial charge in [-0.15, -0.1) is 0 Å². The van der Waals surface area contributed by atoms with E-state index in [0.29, 0.717) is 6.47 Å². The smallest absolute Gasteiger partial charge is 0.293 e. The van der Waals surface area contributed by atoms with Crippen LogP contribution in [0, 0.1) is 6.92 Å². The maximum Gasteiger partial charge on any atom is 0.293 e. The lowest BCUT2D eigenvalue weighted by molar-refractivity contribution is -0.130. The van der Waals surface area contributed by atoms with Gasteiger partial charge in [-0.25, -0.2) is 0 Å². The first-order valence-corrected chi connectivity index (χ1v) is 1.62. The highest BCUT2D eigenvalue weighted by molar-refractivity contribution is 5.37. The van der Waals surface area contributed by atoms with Gasteiger partial charge in [0.25, 0.3) is 6.47 Å². The van der Waals surface area contributed by atoms with E-state index in [1.807, 2.05) is 0 Å². The molecule has 0 N–H and O–H groups in total. The fraction of sp³-hybridized carbons (Fsp3) is 0.500. The van der Waals surface area contributed by atoms with Gasteiger partial charge in [0.15, 0.2) is 0 Å². The molecule has 0 amide bonds. The van der Waals surface area contributed by atoms with Crippen LogP contribution in [0.5, 0.6) is 0 Å². The molecule has 2 radical (unpaired) electrons. The van der Waals surface area contributed by atoms with Gasteiger partial charge in [0.2, 0.25) is 0 Å². The predicted molar refractivity (Wildman–Crippen MR) is 20.9 cm³/mol. The second-order valence-corrected chi connectivity index (χ2v) is 0.937. The Balaban J connectivity index is 2.81. The summed E-state index contributed by atoms with van der Waals surface area (Å²) in [6, 6.07) is 0. The number of carbonyl (C=O) groups is 1. The van der Waals surface area contributed by atoms with E-state index < -0.39 is 6.10 Å². The molecule has 0 spiro atoms. The molecule has 2 nitrogen and oxygen atoms in total. The first-order chi connectivity index (χ1) is 2.77. The van der Waals surface area contributed by atoms with Crippen LogP contribution in [0.25, 0.3) is 0 Å². The predicted octanol–water partition coefficient (Wildman–Crippen LogP) is 0.259. The van der Waals surface area contributed by atoms with Crippen LogP contribution in [-0.4, -0.2) is 12.6 Å². The van der Waals surface area contributed by atoms with Crippen molar-refractivity contribution in [3.05, 3.63) is 6.92 Å². The highest BCUT2D eigenvalue weighted by Crippen LogP contribution is 1.78. The third kappa shape index (κ3) is 3.47. The molecule has 6 heavy (non-hydrogen) atoms. The van der Waals surface area contributed by atoms with Gasteiger partial charge in [0.1, 0.15) is 6.10 Å². The van der Waals surface area contributed by atoms with Gasteiger partial charge in [0, 0.05) is 6.92 Å². The fourth-order valence-corrected chi connectivity index (χ4v) is 0.0876. The minimum absolute atomic E-state index is 0.324. The second kappa shape index (κ2) is 2.69. The van der Waals surface area contributed by atoms with Gasteiger partial charge in [-0.05, 0) is 6.92 Å². The Labute approximate surface area is 37.1 Å². The first kappa shape index (κ1) is 5.47. The summed E-state index contributed by atoms with van der Waals surface area (Å²) in [4.78, 5) is 9.31. The van der Waals surface area contributed by atoms with E-state index in [2.05, 4.69) is 4.74 Å². The van der Waals surface area contributed by atoms with E-state index >= 15 is 0 Å². The van der Waals surface area contributed by atoms with E-state index in [1.165, 1.54) is 0 Å². The molecule has 0 aromatic heterocycles. The number of hydrogen-bond donors (Lipinski definition) is 0. The molecular formula is C4H6O2. The van der Waals surface area contributed by atoms with Crippen molar-refractivity contribution >= 4 is 6.47 Å². The zero-order valence-corrected chi connectivity index (χ0v) is 3.55. The molecule has 0 rings (SSSR count). The molecule has 34 valence electrons. The van der Waals surface area contributed by atoms with E-state index in [1.54, 1.807) is 6.92 Å². The van der Waals surface area contributed by atoms with Crippen molar-refractivity contribution in [1.29, 1.82) is 0 Å². The van der Waals surface area contributed by atoms with E-state index in [-0.39, 0.29) is 0 Å². The van der Waals surface area contributed by atoms with Gasteiger partial charge >= 0.3 is 0 Å². The van der Waals surface area contributed by atoms with Crippen molar-refractivity contribution < 1.29 is 9.53 Å². The van der Waals surface area contributed by atoms with E-state index in [4.69, 9.17) is 6.92 Å². The Hall–Kier alpha value is -0.530. The molecule has 0 aromatic carbocycles. The quantitative estimate of drug-likeness (QED) is 0.450. The van der Waals surface area contributed by atoms with Crippen molar-refractivity contribution in [1.82, 2.24) is 0 Å². The standard InChI is InChI=1S/C4H6O2/c1-4(2)6-3-5/h1,3-4H,2H3. The van der Waals surface area contributed by atoms with Crippen molar-refractivity contribution in [2.24, 2.45) is 0 Å². The number of rotatable bonds is 2. The van der Waals surface area contributed by atoms with Crippen molar-refractivity contribution in [3.63, 3.8) is 0 Å². The third-order valence-electron chi connectivity index (χ3n) is 0.270. The van der Waals surface area contributed by atoms with Gasteiger partial charge < -0.3 is 4.74 Å². The molecule has 2 heteroatoms. The van der Waals surface area contributed by atoms with Gasteiger partial charge in [-0.1, -0.05) is 0 Å². The highest BCUT2D eigenvalue weighted by atomic mass is 16.5. The van der Waals surface area contributed by atoms with Crippen molar-refractivity contribution in [3.8, 4) is 0 Å². The summed E-state index contributed by atoms with van der Waals surface area (Å²) < 4.78 is 4.14. The molecule has 0 fully saturated rings. The zero-order chi connectivity index (χ0) is 4.99. The molecule has 0 saturated carbocycles. The average Bonchev–Trinajstić information content (AvgIpc) is 1.35. The lowest BCUT2D eigenvalue weighted by Gasteiger charge is -1.95. The molecule has 0 saturated heterocycles. The molecular weight excluding hydrogens is 80.0 g/mol. The third-order valence-corrected chi connectivity index (χ3v) is 0.270. The van der Waals surface area contributed by atoms with Crippen LogP contribution in [0.15, 0.2) is 0 Å². The van der Waals surface area contributed by atoms with Crippen LogP contribution in [0.1, 0.15) is 6.92 Å². The highest BCUT2D eigenvalue weighted by Gasteiger charge is 1.84. The lowest BCUT2D eigenvalue weighted by Crippen LogP contribution is -1.98. The van der Waals surface area contributed by atoms with Gasteiger partial charge in [-0.3, -0.25) is 4.79 Å². The number of carbonyl (C=O) groups excluding carboxylic acids is 1. The van der Waals surface area contributed by atoms with Crippen LogP contribution in [0.4, 0.5) is 0 Å². The molecule has 1 unspecified atom stereocenters. The summed E-state index contributed by atoms with van der Waals surface area (Å²) in [5.41, 5.74) is 0. The average molecular weight is 86.1 g/mol. The maximum atomic E-state index is 9.31. The maximum absolute atomic E-state index is 9.31. The largest absolute Gasteiger partial charge is 0.465 e. The van der Waals surface area contributed by atoms with Crippen LogP contribution >= 0.6 is 0 Å². The lowest BCUT2D eigenvalue weighted by atomic mass is 10.5. The molecule has 0 aliphatic heterocycles. The zero-order valence-electron chi connectivity index (χ0n) is 3.55. The Morgan fingerprint density at radius 2 is 2.50 bits per heavy atom. The first-order valence-electron chi connectivity index (χ1n) is 1.62. The van der Waals surface area contributed by atoms with Gasteiger partial charge in [-0.2, -0.15) is 0 Å². The fourth-order valence-electron chi connectivity index (χ4n) is 0.0876. The Bertz CT molecular complexity index is 40.8. The molecule has 0 aromatic rings. The SMILES string of the molecule is [CH]C(C)OC=O.